The van der Waals surface area contributed by atoms with Gasteiger partial charge in [0.2, 0.25) is 5.91 Å². The van der Waals surface area contributed by atoms with Gasteiger partial charge in [-0.15, -0.1) is 0 Å². The van der Waals surface area contributed by atoms with E-state index in [1.54, 1.807) is 24.1 Å². The van der Waals surface area contributed by atoms with Gasteiger partial charge >= 0.3 is 0 Å². The standard InChI is InChI=1S/C16H19FN2O2/c1-18-7-8-19(12-16(18)21)11-13-5-6-15(17)14(10-13)4-2-3-9-20/h5-6,10,20H,3,7-9,11-12H2,1H3. The van der Waals surface area contributed by atoms with Crippen LogP contribution in [0.25, 0.3) is 0 Å². The largest absolute Gasteiger partial charge is 0.395 e. The molecule has 1 aliphatic rings. The Morgan fingerprint density at radius 3 is 2.90 bits per heavy atom. The van der Waals surface area contributed by atoms with E-state index >= 15 is 0 Å². The molecule has 0 aliphatic carbocycles. The minimum atomic E-state index is -0.362. The van der Waals surface area contributed by atoms with Crippen molar-refractivity contribution < 1.29 is 14.3 Å². The molecule has 1 aromatic rings. The molecule has 5 heteroatoms. The molecular weight excluding hydrogens is 271 g/mol. The van der Waals surface area contributed by atoms with E-state index in [-0.39, 0.29) is 18.3 Å². The first kappa shape index (κ1) is 15.5. The number of carbonyl (C=O) groups is 1. The first-order chi connectivity index (χ1) is 10.1. The number of likely N-dealkylation sites (N-methyl/N-ethyl adjacent to an activating group) is 1. The smallest absolute Gasteiger partial charge is 0.236 e. The summed E-state index contributed by atoms with van der Waals surface area (Å²) < 4.78 is 13.6. The van der Waals surface area contributed by atoms with E-state index in [2.05, 4.69) is 11.8 Å². The zero-order chi connectivity index (χ0) is 15.2. The Morgan fingerprint density at radius 2 is 2.19 bits per heavy atom. The second-order valence-corrected chi connectivity index (χ2v) is 5.12. The third-order valence-corrected chi connectivity index (χ3v) is 3.43. The lowest BCUT2D eigenvalue weighted by Gasteiger charge is -2.31. The van der Waals surface area contributed by atoms with Crippen LogP contribution in [0.15, 0.2) is 18.2 Å². The van der Waals surface area contributed by atoms with Gasteiger partial charge in [-0.05, 0) is 17.7 Å². The molecule has 4 nitrogen and oxygen atoms in total. The minimum absolute atomic E-state index is 0.0300. The molecule has 1 heterocycles. The lowest BCUT2D eigenvalue weighted by atomic mass is 10.1. The molecule has 1 N–H and O–H groups in total. The number of halogens is 1. The molecule has 1 fully saturated rings. The van der Waals surface area contributed by atoms with Gasteiger partial charge in [-0.25, -0.2) is 4.39 Å². The Hall–Kier alpha value is -1.90. The van der Waals surface area contributed by atoms with Crippen LogP contribution in [0.1, 0.15) is 17.5 Å². The number of hydrogen-bond acceptors (Lipinski definition) is 3. The summed E-state index contributed by atoms with van der Waals surface area (Å²) in [5.74, 6) is 5.19. The van der Waals surface area contributed by atoms with Crippen molar-refractivity contribution in [1.29, 1.82) is 0 Å². The summed E-state index contributed by atoms with van der Waals surface area (Å²) in [6.45, 7) is 2.49. The van der Waals surface area contributed by atoms with Gasteiger partial charge in [0.05, 0.1) is 18.7 Å². The van der Waals surface area contributed by atoms with E-state index in [1.807, 2.05) is 4.90 Å². The van der Waals surface area contributed by atoms with E-state index in [4.69, 9.17) is 5.11 Å². The van der Waals surface area contributed by atoms with Crippen LogP contribution in [-0.4, -0.2) is 54.1 Å². The molecule has 1 saturated heterocycles. The van der Waals surface area contributed by atoms with E-state index in [0.717, 1.165) is 12.1 Å². The number of nitrogens with zero attached hydrogens (tertiary/aromatic N) is 2. The van der Waals surface area contributed by atoms with Crippen molar-refractivity contribution in [2.24, 2.45) is 0 Å². The summed E-state index contributed by atoms with van der Waals surface area (Å²) >= 11 is 0. The van der Waals surface area contributed by atoms with E-state index in [0.29, 0.717) is 31.6 Å². The van der Waals surface area contributed by atoms with Crippen molar-refractivity contribution >= 4 is 5.91 Å². The molecule has 21 heavy (non-hydrogen) atoms. The van der Waals surface area contributed by atoms with Crippen molar-refractivity contribution in [3.05, 3.63) is 35.1 Å². The molecule has 2 rings (SSSR count). The number of aliphatic hydroxyl groups excluding tert-OH is 1. The predicted molar refractivity (Wildman–Crippen MR) is 77.9 cm³/mol. The van der Waals surface area contributed by atoms with E-state index < -0.39 is 0 Å². The second-order valence-electron chi connectivity index (χ2n) is 5.12. The van der Waals surface area contributed by atoms with Crippen LogP contribution < -0.4 is 0 Å². The summed E-state index contributed by atoms with van der Waals surface area (Å²) in [7, 11) is 1.80. The highest BCUT2D eigenvalue weighted by Crippen LogP contribution is 2.13. The molecule has 0 unspecified atom stereocenters. The fraction of sp³-hybridized carbons (Fsp3) is 0.438. The van der Waals surface area contributed by atoms with Gasteiger partial charge < -0.3 is 10.0 Å². The molecule has 112 valence electrons. The summed E-state index contributed by atoms with van der Waals surface area (Å²) in [4.78, 5) is 15.4. The Bertz CT molecular complexity index is 577. The first-order valence-electron chi connectivity index (χ1n) is 6.94. The fourth-order valence-electron chi connectivity index (χ4n) is 2.18. The maximum absolute atomic E-state index is 13.6. The maximum atomic E-state index is 13.6. The van der Waals surface area contributed by atoms with Crippen molar-refractivity contribution in [2.45, 2.75) is 13.0 Å². The van der Waals surface area contributed by atoms with Crippen molar-refractivity contribution in [1.82, 2.24) is 9.80 Å². The number of benzene rings is 1. The maximum Gasteiger partial charge on any atom is 0.236 e. The minimum Gasteiger partial charge on any atom is -0.395 e. The van der Waals surface area contributed by atoms with E-state index in [1.165, 1.54) is 6.07 Å². The SMILES string of the molecule is CN1CCN(Cc2ccc(F)c(C#CCCO)c2)CC1=O. The molecular formula is C16H19FN2O2. The summed E-state index contributed by atoms with van der Waals surface area (Å²) in [6, 6.07) is 4.83. The van der Waals surface area contributed by atoms with Crippen molar-refractivity contribution in [2.75, 3.05) is 33.3 Å². The number of piperazine rings is 1. The molecule has 1 aromatic carbocycles. The van der Waals surface area contributed by atoms with Crippen LogP contribution in [0.2, 0.25) is 0 Å². The molecule has 0 aromatic heterocycles. The van der Waals surface area contributed by atoms with Crippen molar-refractivity contribution in [3.63, 3.8) is 0 Å². The quantitative estimate of drug-likeness (QED) is 0.839. The van der Waals surface area contributed by atoms with Gasteiger partial charge in [0.1, 0.15) is 5.82 Å². The molecule has 1 amide bonds. The average Bonchev–Trinajstić information content (AvgIpc) is 2.46. The summed E-state index contributed by atoms with van der Waals surface area (Å²) in [5.41, 5.74) is 1.27. The van der Waals surface area contributed by atoms with Crippen LogP contribution in [-0.2, 0) is 11.3 Å². The zero-order valence-electron chi connectivity index (χ0n) is 12.1. The number of aliphatic hydroxyl groups is 1. The molecule has 1 aliphatic heterocycles. The van der Waals surface area contributed by atoms with E-state index in [9.17, 15) is 9.18 Å². The number of hydrogen-bond donors (Lipinski definition) is 1. The third kappa shape index (κ3) is 4.28. The first-order valence-corrected chi connectivity index (χ1v) is 6.94. The normalized spacial score (nSPS) is 15.8. The van der Waals surface area contributed by atoms with Crippen LogP contribution in [0.4, 0.5) is 4.39 Å². The zero-order valence-corrected chi connectivity index (χ0v) is 12.1. The Morgan fingerprint density at radius 1 is 1.38 bits per heavy atom. The summed E-state index contributed by atoms with van der Waals surface area (Å²) in [5, 5.41) is 8.69. The monoisotopic (exact) mass is 290 g/mol. The highest BCUT2D eigenvalue weighted by Gasteiger charge is 2.20. The van der Waals surface area contributed by atoms with Crippen LogP contribution in [0, 0.1) is 17.7 Å². The molecule has 0 atom stereocenters. The highest BCUT2D eigenvalue weighted by atomic mass is 19.1. The summed E-state index contributed by atoms with van der Waals surface area (Å²) in [6.07, 6.45) is 0.330. The Balaban J connectivity index is 2.06. The number of carbonyl (C=O) groups excluding carboxylic acids is 1. The lowest BCUT2D eigenvalue weighted by molar-refractivity contribution is -0.134. The average molecular weight is 290 g/mol. The Labute approximate surface area is 124 Å². The van der Waals surface area contributed by atoms with Gasteiger partial charge in [-0.1, -0.05) is 17.9 Å². The molecule has 0 spiro atoms. The van der Waals surface area contributed by atoms with Gasteiger partial charge in [-0.3, -0.25) is 9.69 Å². The topological polar surface area (TPSA) is 43.8 Å². The highest BCUT2D eigenvalue weighted by molar-refractivity contribution is 5.78. The molecule has 0 radical (unpaired) electrons. The number of amides is 1. The van der Waals surface area contributed by atoms with Crippen LogP contribution >= 0.6 is 0 Å². The van der Waals surface area contributed by atoms with Gasteiger partial charge in [-0.2, -0.15) is 0 Å². The second kappa shape index (κ2) is 7.21. The van der Waals surface area contributed by atoms with Gasteiger partial charge in [0.15, 0.2) is 0 Å². The molecule has 0 bridgehead atoms. The number of rotatable bonds is 3. The Kier molecular flexibility index (Phi) is 5.32. The third-order valence-electron chi connectivity index (χ3n) is 3.43. The fourth-order valence-corrected chi connectivity index (χ4v) is 2.18. The van der Waals surface area contributed by atoms with Crippen molar-refractivity contribution in [3.8, 4) is 11.8 Å². The van der Waals surface area contributed by atoms with Gasteiger partial charge in [0, 0.05) is 33.1 Å². The van der Waals surface area contributed by atoms with Crippen LogP contribution in [0.3, 0.4) is 0 Å². The lowest BCUT2D eigenvalue weighted by Crippen LogP contribution is -2.47. The molecule has 0 saturated carbocycles. The predicted octanol–water partition coefficient (Wildman–Crippen LogP) is 0.834. The van der Waals surface area contributed by atoms with Crippen LogP contribution in [0.5, 0.6) is 0 Å². The van der Waals surface area contributed by atoms with Gasteiger partial charge in [0.25, 0.3) is 0 Å².